The molecule has 5 heteroatoms. The Hall–Kier alpha value is -0.740. The number of rotatable bonds is 1. The Balaban J connectivity index is 3.26. The summed E-state index contributed by atoms with van der Waals surface area (Å²) in [6.07, 6.45) is 0. The molecule has 0 amide bonds. The molecule has 0 saturated heterocycles. The van der Waals surface area contributed by atoms with Gasteiger partial charge < -0.3 is 5.73 Å². The van der Waals surface area contributed by atoms with Crippen molar-refractivity contribution in [3.8, 4) is 0 Å². The summed E-state index contributed by atoms with van der Waals surface area (Å²) in [6.45, 7) is 0. The zero-order chi connectivity index (χ0) is 8.43. The van der Waals surface area contributed by atoms with Crippen LogP contribution in [0, 0.1) is 0 Å². The van der Waals surface area contributed by atoms with Gasteiger partial charge in [0, 0.05) is 0 Å². The van der Waals surface area contributed by atoms with E-state index in [4.69, 9.17) is 17.3 Å². The van der Waals surface area contributed by atoms with E-state index < -0.39 is 10.7 Å². The number of nitrogens with two attached hydrogens (primary N) is 1. The van der Waals surface area contributed by atoms with Gasteiger partial charge >= 0.3 is 0 Å². The molecular formula is C6H6ClNO2S. The van der Waals surface area contributed by atoms with Crippen LogP contribution in [-0.2, 0) is 10.7 Å². The van der Waals surface area contributed by atoms with Gasteiger partial charge in [0.25, 0.3) is 0 Å². The minimum Gasteiger partial charge on any atom is -0.398 e. The van der Waals surface area contributed by atoms with Crippen LogP contribution in [0.5, 0.6) is 0 Å². The van der Waals surface area contributed by atoms with Crippen LogP contribution in [-0.4, -0.2) is 8.42 Å². The van der Waals surface area contributed by atoms with Crippen molar-refractivity contribution in [3.05, 3.63) is 23.2 Å². The lowest BCUT2D eigenvalue weighted by Crippen LogP contribution is -1.87. The molecule has 0 aromatic heterocycles. The Bertz CT molecular complexity index is 340. The van der Waals surface area contributed by atoms with Gasteiger partial charge in [0.1, 0.15) is 0 Å². The molecule has 3 nitrogen and oxygen atoms in total. The standard InChI is InChI=1S/C6H6ClNO2S/c7-5-3-4(11(9)10)1-2-6(5)8/h1-3,11H,8H2. The highest BCUT2D eigenvalue weighted by atomic mass is 35.5. The van der Waals surface area contributed by atoms with Crippen LogP contribution in [0.3, 0.4) is 0 Å². The number of nitrogen functional groups attached to an aromatic ring is 1. The van der Waals surface area contributed by atoms with Gasteiger partial charge in [0.15, 0.2) is 10.7 Å². The van der Waals surface area contributed by atoms with Crippen molar-refractivity contribution in [2.45, 2.75) is 4.90 Å². The van der Waals surface area contributed by atoms with E-state index in [1.807, 2.05) is 0 Å². The van der Waals surface area contributed by atoms with Gasteiger partial charge in [0.05, 0.1) is 15.6 Å². The maximum absolute atomic E-state index is 10.4. The first kappa shape index (κ1) is 8.36. The van der Waals surface area contributed by atoms with Gasteiger partial charge in [-0.3, -0.25) is 0 Å². The number of anilines is 1. The third-order valence-corrected chi connectivity index (χ3v) is 2.22. The maximum atomic E-state index is 10.4. The summed E-state index contributed by atoms with van der Waals surface area (Å²) in [6, 6.07) is 4.19. The highest BCUT2D eigenvalue weighted by Gasteiger charge is 1.98. The summed E-state index contributed by atoms with van der Waals surface area (Å²) < 4.78 is 20.8. The maximum Gasteiger partial charge on any atom is 0.168 e. The molecule has 0 aliphatic carbocycles. The lowest BCUT2D eigenvalue weighted by atomic mass is 10.3. The molecule has 0 saturated carbocycles. The van der Waals surface area contributed by atoms with E-state index in [0.29, 0.717) is 5.69 Å². The number of benzene rings is 1. The lowest BCUT2D eigenvalue weighted by Gasteiger charge is -1.96. The fourth-order valence-corrected chi connectivity index (χ4v) is 1.32. The Labute approximate surface area is 70.7 Å². The molecular weight excluding hydrogens is 186 g/mol. The summed E-state index contributed by atoms with van der Waals surface area (Å²) in [5, 5.41) is 0.265. The minimum atomic E-state index is -2.56. The van der Waals surface area contributed by atoms with Crippen molar-refractivity contribution < 1.29 is 8.42 Å². The highest BCUT2D eigenvalue weighted by molar-refractivity contribution is 7.72. The Morgan fingerprint density at radius 2 is 2.00 bits per heavy atom. The minimum absolute atomic E-state index is 0.180. The molecule has 1 aromatic rings. The van der Waals surface area contributed by atoms with Crippen molar-refractivity contribution in [2.24, 2.45) is 0 Å². The van der Waals surface area contributed by atoms with E-state index >= 15 is 0 Å². The number of thiol groups is 1. The van der Waals surface area contributed by atoms with Gasteiger partial charge in [-0.15, -0.1) is 0 Å². The first-order chi connectivity index (χ1) is 5.11. The van der Waals surface area contributed by atoms with Crippen LogP contribution >= 0.6 is 11.6 Å². The average Bonchev–Trinajstić information content (AvgIpc) is 1.94. The Kier molecular flexibility index (Phi) is 2.36. The van der Waals surface area contributed by atoms with E-state index in [1.54, 1.807) is 0 Å². The number of hydrogen-bond acceptors (Lipinski definition) is 3. The van der Waals surface area contributed by atoms with E-state index in [2.05, 4.69) is 0 Å². The topological polar surface area (TPSA) is 60.2 Å². The van der Waals surface area contributed by atoms with Crippen LogP contribution in [0.1, 0.15) is 0 Å². The Morgan fingerprint density at radius 1 is 1.36 bits per heavy atom. The van der Waals surface area contributed by atoms with Crippen molar-refractivity contribution in [2.75, 3.05) is 5.73 Å². The van der Waals surface area contributed by atoms with Gasteiger partial charge in [-0.1, -0.05) is 11.6 Å². The summed E-state index contributed by atoms with van der Waals surface area (Å²) in [5.74, 6) is 0. The predicted molar refractivity (Wildman–Crippen MR) is 44.4 cm³/mol. The summed E-state index contributed by atoms with van der Waals surface area (Å²) in [7, 11) is -2.56. The molecule has 0 radical (unpaired) electrons. The third-order valence-electron chi connectivity index (χ3n) is 1.19. The summed E-state index contributed by atoms with van der Waals surface area (Å²) in [4.78, 5) is 0.180. The van der Waals surface area contributed by atoms with Crippen molar-refractivity contribution in [1.82, 2.24) is 0 Å². The van der Waals surface area contributed by atoms with Gasteiger partial charge in [0.2, 0.25) is 0 Å². The third kappa shape index (κ3) is 1.85. The van der Waals surface area contributed by atoms with Crippen molar-refractivity contribution >= 4 is 28.0 Å². The van der Waals surface area contributed by atoms with Gasteiger partial charge in [-0.2, -0.15) is 0 Å². The number of hydrogen-bond donors (Lipinski definition) is 2. The molecule has 0 spiro atoms. The average molecular weight is 192 g/mol. The summed E-state index contributed by atoms with van der Waals surface area (Å²) in [5.41, 5.74) is 5.74. The molecule has 2 N–H and O–H groups in total. The predicted octanol–water partition coefficient (Wildman–Crippen LogP) is 0.893. The molecule has 0 unspecified atom stereocenters. The fourth-order valence-electron chi connectivity index (χ4n) is 0.630. The Morgan fingerprint density at radius 3 is 2.45 bits per heavy atom. The number of halogens is 1. The molecule has 0 aliphatic heterocycles. The molecule has 0 heterocycles. The highest BCUT2D eigenvalue weighted by Crippen LogP contribution is 2.19. The monoisotopic (exact) mass is 191 g/mol. The molecule has 1 rings (SSSR count). The zero-order valence-electron chi connectivity index (χ0n) is 5.45. The van der Waals surface area contributed by atoms with Crippen molar-refractivity contribution in [3.63, 3.8) is 0 Å². The normalized spacial score (nSPS) is 10.4. The molecule has 0 bridgehead atoms. The van der Waals surface area contributed by atoms with Crippen LogP contribution < -0.4 is 5.73 Å². The van der Waals surface area contributed by atoms with E-state index in [-0.39, 0.29) is 9.92 Å². The van der Waals surface area contributed by atoms with Crippen LogP contribution in [0.25, 0.3) is 0 Å². The first-order valence-electron chi connectivity index (χ1n) is 2.80. The van der Waals surface area contributed by atoms with E-state index in [9.17, 15) is 8.42 Å². The second-order valence-corrected chi connectivity index (χ2v) is 3.40. The zero-order valence-corrected chi connectivity index (χ0v) is 7.10. The smallest absolute Gasteiger partial charge is 0.168 e. The van der Waals surface area contributed by atoms with E-state index in [1.165, 1.54) is 18.2 Å². The molecule has 1 aromatic carbocycles. The largest absolute Gasteiger partial charge is 0.398 e. The van der Waals surface area contributed by atoms with E-state index in [0.717, 1.165) is 0 Å². The second kappa shape index (κ2) is 3.11. The molecule has 11 heavy (non-hydrogen) atoms. The second-order valence-electron chi connectivity index (χ2n) is 1.96. The fraction of sp³-hybridized carbons (Fsp3) is 0. The van der Waals surface area contributed by atoms with Crippen LogP contribution in [0.2, 0.25) is 5.02 Å². The van der Waals surface area contributed by atoms with Gasteiger partial charge in [-0.25, -0.2) is 8.42 Å². The molecule has 0 atom stereocenters. The van der Waals surface area contributed by atoms with Crippen molar-refractivity contribution in [1.29, 1.82) is 0 Å². The quantitative estimate of drug-likeness (QED) is 0.512. The molecule has 0 fully saturated rings. The van der Waals surface area contributed by atoms with Crippen LogP contribution in [0.4, 0.5) is 5.69 Å². The van der Waals surface area contributed by atoms with Crippen LogP contribution in [0.15, 0.2) is 23.1 Å². The lowest BCUT2D eigenvalue weighted by molar-refractivity contribution is 0.614. The molecule has 0 aliphatic rings. The van der Waals surface area contributed by atoms with Gasteiger partial charge in [-0.05, 0) is 18.2 Å². The first-order valence-corrected chi connectivity index (χ1v) is 4.36. The summed E-state index contributed by atoms with van der Waals surface area (Å²) >= 11 is 5.57. The SMILES string of the molecule is Nc1ccc([SH](=O)=O)cc1Cl. The molecule has 60 valence electrons.